The van der Waals surface area contributed by atoms with Crippen LogP contribution in [0.15, 0.2) is 36.4 Å². The number of alkyl halides is 3. The number of nitrogens with two attached hydrogens (primary N) is 1. The van der Waals surface area contributed by atoms with Crippen molar-refractivity contribution in [3.63, 3.8) is 0 Å². The van der Waals surface area contributed by atoms with Gasteiger partial charge in [-0.05, 0) is 36.3 Å². The van der Waals surface area contributed by atoms with Crippen LogP contribution in [0.1, 0.15) is 29.7 Å². The molecule has 0 atom stereocenters. The molecule has 2 aliphatic rings. The van der Waals surface area contributed by atoms with Gasteiger partial charge in [-0.3, -0.25) is 0 Å². The van der Waals surface area contributed by atoms with Gasteiger partial charge >= 0.3 is 6.18 Å². The lowest BCUT2D eigenvalue weighted by Crippen LogP contribution is -2.50. The number of fused-ring (bicyclic) bond motifs is 1. The number of rotatable bonds is 5. The number of thiophene rings is 1. The molecular weight excluding hydrogens is 423 g/mol. The zero-order chi connectivity index (χ0) is 21.6. The molecule has 9 heteroatoms. The van der Waals surface area contributed by atoms with Gasteiger partial charge in [-0.15, -0.1) is 11.3 Å². The molecule has 3 aromatic rings. The van der Waals surface area contributed by atoms with E-state index in [2.05, 4.69) is 32.3 Å². The quantitative estimate of drug-likeness (QED) is 0.602. The Morgan fingerprint density at radius 3 is 2.71 bits per heavy atom. The molecule has 1 spiro atoms. The van der Waals surface area contributed by atoms with Crippen LogP contribution in [0.5, 0.6) is 0 Å². The van der Waals surface area contributed by atoms with Crippen molar-refractivity contribution in [1.29, 1.82) is 0 Å². The van der Waals surface area contributed by atoms with Crippen LogP contribution >= 0.6 is 11.3 Å². The van der Waals surface area contributed by atoms with E-state index in [1.54, 1.807) is 6.07 Å². The summed E-state index contributed by atoms with van der Waals surface area (Å²) in [5, 5.41) is 4.31. The van der Waals surface area contributed by atoms with Crippen molar-refractivity contribution in [3.8, 4) is 0 Å². The summed E-state index contributed by atoms with van der Waals surface area (Å²) in [6.45, 7) is 2.55. The Labute approximate surface area is 182 Å². The number of nitrogen functional groups attached to an aromatic ring is 1. The fraction of sp³-hybridized carbons (Fsp3) is 0.455. The summed E-state index contributed by atoms with van der Waals surface area (Å²) in [7, 11) is 0. The number of halogens is 3. The third-order valence-electron chi connectivity index (χ3n) is 6.35. The summed E-state index contributed by atoms with van der Waals surface area (Å²) >= 11 is 1.05. The average Bonchev–Trinajstić information content (AvgIpc) is 3.28. The lowest BCUT2D eigenvalue weighted by Gasteiger charge is -2.45. The highest BCUT2D eigenvalue weighted by Gasteiger charge is 2.48. The molecule has 2 aromatic heterocycles. The second-order valence-corrected chi connectivity index (χ2v) is 9.89. The molecule has 0 radical (unpaired) electrons. The molecule has 31 heavy (non-hydrogen) atoms. The molecule has 1 saturated carbocycles. The zero-order valence-electron chi connectivity index (χ0n) is 17.0. The second-order valence-electron chi connectivity index (χ2n) is 8.77. The van der Waals surface area contributed by atoms with Crippen LogP contribution in [-0.2, 0) is 13.0 Å². The molecule has 1 aliphatic heterocycles. The lowest BCUT2D eigenvalue weighted by atomic mass is 9.65. The summed E-state index contributed by atoms with van der Waals surface area (Å²) in [5.41, 5.74) is 7.41. The van der Waals surface area contributed by atoms with E-state index in [0.717, 1.165) is 50.2 Å². The Balaban J connectivity index is 1.27. The molecule has 0 amide bonds. The van der Waals surface area contributed by atoms with Gasteiger partial charge in [0.2, 0.25) is 5.95 Å². The molecule has 5 nitrogen and oxygen atoms in total. The first kappa shape index (κ1) is 20.5. The van der Waals surface area contributed by atoms with Gasteiger partial charge in [-0.1, -0.05) is 30.3 Å². The van der Waals surface area contributed by atoms with Crippen LogP contribution < -0.4 is 16.0 Å². The highest BCUT2D eigenvalue weighted by atomic mass is 32.1. The van der Waals surface area contributed by atoms with Gasteiger partial charge in [0.15, 0.2) is 0 Å². The first-order valence-corrected chi connectivity index (χ1v) is 11.3. The third-order valence-corrected chi connectivity index (χ3v) is 7.38. The molecule has 3 heterocycles. The third kappa shape index (κ3) is 4.34. The van der Waals surface area contributed by atoms with Crippen molar-refractivity contribution in [3.05, 3.63) is 46.8 Å². The Kier molecular flexibility index (Phi) is 5.05. The molecule has 1 aliphatic carbocycles. The lowest BCUT2D eigenvalue weighted by molar-refractivity contribution is -0.126. The molecule has 3 N–H and O–H groups in total. The minimum atomic E-state index is -4.24. The van der Waals surface area contributed by atoms with E-state index in [1.165, 1.54) is 5.56 Å². The SMILES string of the molecule is Nc1nc(N2CCC3(CC(NCc4ccccc4)C3)C2)c2cc(CC(F)(F)F)sc2n1. The van der Waals surface area contributed by atoms with Crippen molar-refractivity contribution in [1.82, 2.24) is 15.3 Å². The van der Waals surface area contributed by atoms with E-state index in [1.807, 2.05) is 18.2 Å². The van der Waals surface area contributed by atoms with Gasteiger partial charge in [0.25, 0.3) is 0 Å². The summed E-state index contributed by atoms with van der Waals surface area (Å²) in [4.78, 5) is 11.5. The normalized spacial score (nSPS) is 23.6. The number of nitrogens with zero attached hydrogens (tertiary/aromatic N) is 3. The molecule has 1 saturated heterocycles. The highest BCUT2D eigenvalue weighted by molar-refractivity contribution is 7.18. The van der Waals surface area contributed by atoms with Crippen molar-refractivity contribution < 1.29 is 13.2 Å². The van der Waals surface area contributed by atoms with Gasteiger partial charge in [0, 0.05) is 30.6 Å². The predicted octanol–water partition coefficient (Wildman–Crippen LogP) is 4.53. The Morgan fingerprint density at radius 1 is 1.19 bits per heavy atom. The molecule has 1 aromatic carbocycles. The fourth-order valence-corrected chi connectivity index (χ4v) is 6.00. The van der Waals surface area contributed by atoms with Crippen LogP contribution in [0.25, 0.3) is 10.2 Å². The topological polar surface area (TPSA) is 67.1 Å². The summed E-state index contributed by atoms with van der Waals surface area (Å²) in [5.74, 6) is 0.782. The van der Waals surface area contributed by atoms with Crippen LogP contribution in [-0.4, -0.2) is 35.3 Å². The smallest absolute Gasteiger partial charge is 0.368 e. The van der Waals surface area contributed by atoms with E-state index in [-0.39, 0.29) is 16.2 Å². The molecule has 5 rings (SSSR count). The van der Waals surface area contributed by atoms with Gasteiger partial charge in [0.05, 0.1) is 11.8 Å². The summed E-state index contributed by atoms with van der Waals surface area (Å²) in [6, 6.07) is 12.4. The standard InChI is InChI=1S/C22H24F3N5S/c23-22(24,25)11-16-8-17-18(28-20(26)29-19(17)31-16)30-7-6-21(13-30)9-15(10-21)27-12-14-4-2-1-3-5-14/h1-5,8,15,27H,6-7,9-13H2,(H2,26,28,29). The van der Waals surface area contributed by atoms with Gasteiger partial charge in [-0.2, -0.15) is 18.2 Å². The largest absolute Gasteiger partial charge is 0.393 e. The minimum Gasteiger partial charge on any atom is -0.368 e. The van der Waals surface area contributed by atoms with E-state index >= 15 is 0 Å². The maximum Gasteiger partial charge on any atom is 0.393 e. The number of nitrogens with one attached hydrogen (secondary N) is 1. The van der Waals surface area contributed by atoms with Crippen molar-refractivity contribution >= 4 is 33.3 Å². The minimum absolute atomic E-state index is 0.111. The number of aromatic nitrogens is 2. The zero-order valence-corrected chi connectivity index (χ0v) is 17.8. The van der Waals surface area contributed by atoms with Crippen LogP contribution in [0.4, 0.5) is 24.9 Å². The number of benzene rings is 1. The van der Waals surface area contributed by atoms with Crippen molar-refractivity contribution in [2.24, 2.45) is 5.41 Å². The number of anilines is 2. The number of hydrogen-bond acceptors (Lipinski definition) is 6. The van der Waals surface area contributed by atoms with E-state index in [9.17, 15) is 13.2 Å². The van der Waals surface area contributed by atoms with Gasteiger partial charge in [-0.25, -0.2) is 4.98 Å². The average molecular weight is 448 g/mol. The monoisotopic (exact) mass is 447 g/mol. The second kappa shape index (κ2) is 7.63. The predicted molar refractivity (Wildman–Crippen MR) is 117 cm³/mol. The van der Waals surface area contributed by atoms with E-state index < -0.39 is 12.6 Å². The Morgan fingerprint density at radius 2 is 1.97 bits per heavy atom. The van der Waals surface area contributed by atoms with Crippen molar-refractivity contribution in [2.45, 2.75) is 44.4 Å². The van der Waals surface area contributed by atoms with E-state index in [4.69, 9.17) is 5.73 Å². The van der Waals surface area contributed by atoms with Crippen LogP contribution in [0, 0.1) is 5.41 Å². The number of hydrogen-bond donors (Lipinski definition) is 2. The van der Waals surface area contributed by atoms with E-state index in [0.29, 0.717) is 22.1 Å². The summed E-state index contributed by atoms with van der Waals surface area (Å²) < 4.78 is 38.5. The molecule has 2 fully saturated rings. The Hall–Kier alpha value is -2.39. The van der Waals surface area contributed by atoms with Gasteiger partial charge in [0.1, 0.15) is 10.6 Å². The van der Waals surface area contributed by atoms with Crippen LogP contribution in [0.3, 0.4) is 0 Å². The maximum absolute atomic E-state index is 12.8. The van der Waals surface area contributed by atoms with Crippen LogP contribution in [0.2, 0.25) is 0 Å². The molecule has 0 bridgehead atoms. The maximum atomic E-state index is 12.8. The van der Waals surface area contributed by atoms with Gasteiger partial charge < -0.3 is 16.0 Å². The molecule has 0 unspecified atom stereocenters. The summed E-state index contributed by atoms with van der Waals surface area (Å²) in [6.07, 6.45) is -1.94. The highest BCUT2D eigenvalue weighted by Crippen LogP contribution is 2.50. The molecular formula is C22H24F3N5S. The first-order valence-electron chi connectivity index (χ1n) is 10.4. The fourth-order valence-electron chi connectivity index (χ4n) is 4.94. The Bertz CT molecular complexity index is 1080. The molecule has 164 valence electrons. The first-order chi connectivity index (χ1) is 14.8. The van der Waals surface area contributed by atoms with Crippen molar-refractivity contribution in [2.75, 3.05) is 23.7 Å².